The highest BCUT2D eigenvalue weighted by atomic mass is 32.2. The lowest BCUT2D eigenvalue weighted by atomic mass is 9.85. The number of carbonyl (C=O) groups excluding carboxylic acids is 3. The second-order valence-corrected chi connectivity index (χ2v) is 11.2. The van der Waals surface area contributed by atoms with E-state index in [1.54, 1.807) is 0 Å². The number of hydrogen-bond acceptors (Lipinski definition) is 6. The molecule has 1 aliphatic carbocycles. The molecule has 2 heterocycles. The van der Waals surface area contributed by atoms with Gasteiger partial charge in [-0.2, -0.15) is 4.31 Å². The van der Waals surface area contributed by atoms with Crippen molar-refractivity contribution in [2.75, 3.05) is 25.0 Å². The lowest BCUT2D eigenvalue weighted by Crippen LogP contribution is -2.38. The van der Waals surface area contributed by atoms with Gasteiger partial charge in [0.1, 0.15) is 12.3 Å². The highest BCUT2D eigenvalue weighted by Gasteiger charge is 2.47. The Morgan fingerprint density at radius 1 is 1.06 bits per heavy atom. The fourth-order valence-corrected chi connectivity index (χ4v) is 6.28. The maximum Gasteiger partial charge on any atom is 0.244 e. The Balaban J connectivity index is 1.54. The number of rotatable bonds is 7. The Morgan fingerprint density at radius 3 is 2.26 bits per heavy atom. The molecule has 9 nitrogen and oxygen atoms in total. The van der Waals surface area contributed by atoms with Crippen molar-refractivity contribution in [3.8, 4) is 5.75 Å². The normalized spacial score (nSPS) is 23.3. The number of amides is 3. The number of hydrogen-bond donors (Lipinski definition) is 1. The number of anilines is 1. The summed E-state index contributed by atoms with van der Waals surface area (Å²) in [7, 11) is -3.72. The number of nitrogens with one attached hydrogen (secondary N) is 1. The van der Waals surface area contributed by atoms with Crippen LogP contribution in [-0.2, 0) is 24.4 Å². The summed E-state index contributed by atoms with van der Waals surface area (Å²) in [4.78, 5) is 39.3. The number of benzene rings is 1. The van der Waals surface area contributed by atoms with Crippen molar-refractivity contribution in [1.29, 1.82) is 0 Å². The molecule has 0 aromatic heterocycles. The first-order valence-electron chi connectivity index (χ1n) is 11.8. The third-order valence-electron chi connectivity index (χ3n) is 6.44. The topological polar surface area (TPSA) is 113 Å². The average molecular weight is 490 g/mol. The standard InChI is InChI=1S/C24H31N3O6S/c1-16(2)33-21-11-10-17(34(31,32)26-12-6-3-7-13-26)14-20(21)25-22(28)15-27-23(29)18-8-4-5-9-19(18)24(27)30/h4-5,10-11,14,16,18-19H,3,6-9,12-13,15H2,1-2H3,(H,25,28). The molecule has 34 heavy (non-hydrogen) atoms. The summed E-state index contributed by atoms with van der Waals surface area (Å²) < 4.78 is 33.5. The Kier molecular flexibility index (Phi) is 7.09. The van der Waals surface area contributed by atoms with Crippen LogP contribution in [0, 0.1) is 11.8 Å². The third kappa shape index (κ3) is 4.88. The number of nitrogens with zero attached hydrogens (tertiary/aromatic N) is 2. The zero-order valence-corrected chi connectivity index (χ0v) is 20.3. The second kappa shape index (κ2) is 9.87. The maximum atomic E-state index is 13.1. The van der Waals surface area contributed by atoms with Crippen LogP contribution < -0.4 is 10.1 Å². The van der Waals surface area contributed by atoms with E-state index in [1.165, 1.54) is 22.5 Å². The SMILES string of the molecule is CC(C)Oc1ccc(S(=O)(=O)N2CCCCC2)cc1NC(=O)CN1C(=O)C2CC=CCC2C1=O. The summed E-state index contributed by atoms with van der Waals surface area (Å²) in [5, 5.41) is 2.67. The van der Waals surface area contributed by atoms with Crippen LogP contribution in [0.1, 0.15) is 46.0 Å². The van der Waals surface area contributed by atoms with Gasteiger partial charge in [0, 0.05) is 13.1 Å². The first kappa shape index (κ1) is 24.4. The van der Waals surface area contributed by atoms with Gasteiger partial charge in [-0.05, 0) is 57.7 Å². The van der Waals surface area contributed by atoms with E-state index < -0.39 is 34.3 Å². The molecule has 2 fully saturated rings. The monoisotopic (exact) mass is 489 g/mol. The van der Waals surface area contributed by atoms with Crippen LogP contribution in [-0.4, -0.2) is 61.1 Å². The van der Waals surface area contributed by atoms with E-state index in [2.05, 4.69) is 5.32 Å². The molecule has 3 aliphatic rings. The molecule has 184 valence electrons. The van der Waals surface area contributed by atoms with Crippen LogP contribution in [0.25, 0.3) is 0 Å². The fourth-order valence-electron chi connectivity index (χ4n) is 4.74. The summed E-state index contributed by atoms with van der Waals surface area (Å²) in [5.74, 6) is -1.78. The lowest BCUT2D eigenvalue weighted by molar-refractivity contribution is -0.142. The van der Waals surface area contributed by atoms with Gasteiger partial charge < -0.3 is 10.1 Å². The van der Waals surface area contributed by atoms with Gasteiger partial charge in [-0.25, -0.2) is 8.42 Å². The molecule has 2 unspecified atom stereocenters. The Labute approximate surface area is 200 Å². The number of likely N-dealkylation sites (tertiary alicyclic amines) is 1. The van der Waals surface area contributed by atoms with E-state index in [1.807, 2.05) is 26.0 Å². The van der Waals surface area contributed by atoms with Crippen molar-refractivity contribution in [1.82, 2.24) is 9.21 Å². The van der Waals surface area contributed by atoms with Crippen LogP contribution in [0.4, 0.5) is 5.69 Å². The van der Waals surface area contributed by atoms with Crippen molar-refractivity contribution < 1.29 is 27.5 Å². The number of ether oxygens (including phenoxy) is 1. The highest BCUT2D eigenvalue weighted by molar-refractivity contribution is 7.89. The first-order valence-corrected chi connectivity index (χ1v) is 13.2. The Bertz CT molecular complexity index is 1080. The number of allylic oxidation sites excluding steroid dienone is 2. The van der Waals surface area contributed by atoms with Crippen LogP contribution >= 0.6 is 0 Å². The van der Waals surface area contributed by atoms with Gasteiger partial charge in [-0.3, -0.25) is 19.3 Å². The minimum absolute atomic E-state index is 0.0613. The molecule has 2 saturated heterocycles. The Hall–Kier alpha value is -2.72. The van der Waals surface area contributed by atoms with Gasteiger partial charge in [0.15, 0.2) is 0 Å². The molecule has 4 rings (SSSR count). The van der Waals surface area contributed by atoms with E-state index in [-0.39, 0.29) is 28.5 Å². The Morgan fingerprint density at radius 2 is 1.68 bits per heavy atom. The minimum Gasteiger partial charge on any atom is -0.489 e. The molecule has 0 spiro atoms. The molecule has 1 aromatic carbocycles. The molecule has 2 atom stereocenters. The number of carbonyl (C=O) groups is 3. The van der Waals surface area contributed by atoms with E-state index >= 15 is 0 Å². The van der Waals surface area contributed by atoms with E-state index in [4.69, 9.17) is 4.74 Å². The van der Waals surface area contributed by atoms with Crippen LogP contribution in [0.2, 0.25) is 0 Å². The van der Waals surface area contributed by atoms with Gasteiger partial charge in [-0.15, -0.1) is 0 Å². The van der Waals surface area contributed by atoms with E-state index in [0.29, 0.717) is 31.7 Å². The van der Waals surface area contributed by atoms with Gasteiger partial charge >= 0.3 is 0 Å². The van der Waals surface area contributed by atoms with E-state index in [0.717, 1.165) is 24.2 Å². The van der Waals surface area contributed by atoms with E-state index in [9.17, 15) is 22.8 Å². The number of imide groups is 1. The summed E-state index contributed by atoms with van der Waals surface area (Å²) in [5.41, 5.74) is 0.190. The van der Waals surface area contributed by atoms with Crippen molar-refractivity contribution in [3.63, 3.8) is 0 Å². The largest absolute Gasteiger partial charge is 0.489 e. The molecule has 10 heteroatoms. The zero-order valence-electron chi connectivity index (χ0n) is 19.5. The lowest BCUT2D eigenvalue weighted by Gasteiger charge is -2.26. The second-order valence-electron chi connectivity index (χ2n) is 9.26. The van der Waals surface area contributed by atoms with Crippen LogP contribution in [0.5, 0.6) is 5.75 Å². The molecule has 0 radical (unpaired) electrons. The third-order valence-corrected chi connectivity index (χ3v) is 8.34. The quantitative estimate of drug-likeness (QED) is 0.465. The molecule has 0 bridgehead atoms. The maximum absolute atomic E-state index is 13.1. The van der Waals surface area contributed by atoms with Crippen molar-refractivity contribution in [2.24, 2.45) is 11.8 Å². The van der Waals surface area contributed by atoms with Crippen molar-refractivity contribution in [2.45, 2.75) is 57.0 Å². The number of sulfonamides is 1. The molecule has 0 saturated carbocycles. The van der Waals surface area contributed by atoms with Gasteiger partial charge in [-0.1, -0.05) is 18.6 Å². The first-order chi connectivity index (χ1) is 16.2. The highest BCUT2D eigenvalue weighted by Crippen LogP contribution is 2.35. The zero-order chi connectivity index (χ0) is 24.5. The van der Waals surface area contributed by atoms with Crippen molar-refractivity contribution in [3.05, 3.63) is 30.4 Å². The molecule has 1 N–H and O–H groups in total. The van der Waals surface area contributed by atoms with Gasteiger partial charge in [0.05, 0.1) is 28.5 Å². The van der Waals surface area contributed by atoms with Crippen molar-refractivity contribution >= 4 is 33.4 Å². The van der Waals surface area contributed by atoms with Gasteiger partial charge in [0.25, 0.3) is 0 Å². The minimum atomic E-state index is -3.72. The molecular weight excluding hydrogens is 458 g/mol. The van der Waals surface area contributed by atoms with Gasteiger partial charge in [0.2, 0.25) is 27.7 Å². The average Bonchev–Trinajstić information content (AvgIpc) is 3.05. The number of piperidine rings is 1. The molecule has 3 amide bonds. The predicted octanol–water partition coefficient (Wildman–Crippen LogP) is 2.54. The summed E-state index contributed by atoms with van der Waals surface area (Å²) >= 11 is 0. The van der Waals surface area contributed by atoms with Crippen LogP contribution in [0.3, 0.4) is 0 Å². The predicted molar refractivity (Wildman–Crippen MR) is 126 cm³/mol. The number of fused-ring (bicyclic) bond motifs is 1. The molecule has 2 aliphatic heterocycles. The molecule has 1 aromatic rings. The summed E-state index contributed by atoms with van der Waals surface area (Å²) in [6.45, 7) is 4.15. The molecular formula is C24H31N3O6S. The fraction of sp³-hybridized carbons (Fsp3) is 0.542. The van der Waals surface area contributed by atoms with Crippen LogP contribution in [0.15, 0.2) is 35.2 Å². The smallest absolute Gasteiger partial charge is 0.244 e. The summed E-state index contributed by atoms with van der Waals surface area (Å²) in [6, 6.07) is 4.39. The summed E-state index contributed by atoms with van der Waals surface area (Å²) in [6.07, 6.45) is 7.18.